The van der Waals surface area contributed by atoms with Crippen molar-refractivity contribution >= 4 is 77.5 Å². The first kappa shape index (κ1) is 36.8. The van der Waals surface area contributed by atoms with E-state index < -0.39 is 0 Å². The molecule has 0 amide bonds. The summed E-state index contributed by atoms with van der Waals surface area (Å²) in [6.45, 7) is 2.73. The minimum absolute atomic E-state index is 0. The Balaban J connectivity index is -0.0000000257. The molecule has 0 spiro atoms. The maximum atomic E-state index is 4.95. The smallest absolute Gasteiger partial charge is 0.00255 e. The molecule has 4 nitrogen and oxygen atoms in total. The van der Waals surface area contributed by atoms with Gasteiger partial charge in [-0.3, -0.25) is 0 Å². The molecule has 0 aromatic carbocycles. The molecule has 0 rings (SSSR count). The first-order chi connectivity index (χ1) is 7.66. The van der Waals surface area contributed by atoms with Crippen LogP contribution in [0.1, 0.15) is 0 Å². The molecule has 0 heterocycles. The van der Waals surface area contributed by atoms with Crippen LogP contribution in [0.5, 0.6) is 0 Å². The summed E-state index contributed by atoms with van der Waals surface area (Å²) in [6.07, 6.45) is 0. The second-order valence-corrected chi connectivity index (χ2v) is 3.84. The fourth-order valence-corrected chi connectivity index (χ4v) is 0. The molecule has 0 fully saturated rings. The van der Waals surface area contributed by atoms with Crippen LogP contribution in [0.15, 0.2) is 0 Å². The van der Waals surface area contributed by atoms with Gasteiger partial charge in [-0.15, -0.1) is 0 Å². The van der Waals surface area contributed by atoms with Crippen LogP contribution in [-0.4, -0.2) is 49.2 Å². The van der Waals surface area contributed by atoms with E-state index in [0.29, 0.717) is 26.2 Å². The molecule has 0 radical (unpaired) electrons. The number of hydrogen-bond acceptors (Lipinski definition) is 8. The maximum absolute atomic E-state index is 4.95. The molecule has 0 aliphatic carbocycles. The third kappa shape index (κ3) is 146. The molecule has 0 aromatic heterocycles. The van der Waals surface area contributed by atoms with Gasteiger partial charge in [0.15, 0.2) is 0 Å². The maximum Gasteiger partial charge on any atom is 0.00255 e. The monoisotopic (exact) mass is 376 g/mol. The van der Waals surface area contributed by atoms with E-state index >= 15 is 0 Å². The highest BCUT2D eigenvalue weighted by atomic mass is 32.1. The molecule has 18 heavy (non-hydrogen) atoms. The van der Waals surface area contributed by atoms with Gasteiger partial charge in [0, 0.05) is 49.2 Å². The summed E-state index contributed by atoms with van der Waals surface area (Å²) in [5, 5.41) is 0. The average molecular weight is 377 g/mol. The third-order valence-electron chi connectivity index (χ3n) is 0.516. The van der Waals surface area contributed by atoms with E-state index in [9.17, 15) is 0 Å². The summed E-state index contributed by atoms with van der Waals surface area (Å²) in [5.74, 6) is 3.17. The molecule has 120 valence electrons. The number of hydrogen-bond donors (Lipinski definition) is 8. The fourth-order valence-electron chi connectivity index (χ4n) is 0. The highest BCUT2D eigenvalue weighted by molar-refractivity contribution is 7.80. The van der Waals surface area contributed by atoms with Gasteiger partial charge < -0.3 is 22.9 Å². The lowest BCUT2D eigenvalue weighted by molar-refractivity contribution is 1.16. The van der Waals surface area contributed by atoms with E-state index in [2.05, 4.69) is 50.5 Å². The third-order valence-corrected chi connectivity index (χ3v) is 1.55. The van der Waals surface area contributed by atoms with Crippen LogP contribution in [0.2, 0.25) is 0 Å². The van der Waals surface area contributed by atoms with E-state index in [1.54, 1.807) is 0 Å². The molecular weight excluding hydrogens is 345 g/mol. The van der Waals surface area contributed by atoms with Crippen LogP contribution < -0.4 is 22.9 Å². The van der Waals surface area contributed by atoms with Crippen LogP contribution in [0.3, 0.4) is 0 Å². The second-order valence-electron chi connectivity index (χ2n) is 2.05. The molecule has 0 aromatic rings. The van der Waals surface area contributed by atoms with E-state index in [1.165, 1.54) is 0 Å². The Hall–Kier alpha value is 1.94. The Kier molecular flexibility index (Phi) is 126. The van der Waals surface area contributed by atoms with Gasteiger partial charge in [-0.1, -0.05) is 0 Å². The summed E-state index contributed by atoms with van der Waals surface area (Å²) in [5.41, 5.74) is 19.8. The van der Waals surface area contributed by atoms with Gasteiger partial charge in [0.2, 0.25) is 0 Å². The van der Waals surface area contributed by atoms with Gasteiger partial charge in [0.1, 0.15) is 0 Å². The zero-order valence-corrected chi connectivity index (χ0v) is 16.3. The Labute approximate surface area is 149 Å². The minimum atomic E-state index is 0. The van der Waals surface area contributed by atoms with Crippen molar-refractivity contribution < 1.29 is 0 Å². The largest absolute Gasteiger partial charge is 0.330 e. The molecule has 10 heteroatoms. The number of thiol groups is 4. The summed E-state index contributed by atoms with van der Waals surface area (Å²) in [7, 11) is 0. The summed E-state index contributed by atoms with van der Waals surface area (Å²) in [6, 6.07) is 0. The van der Waals surface area contributed by atoms with Crippen molar-refractivity contribution in [2.75, 3.05) is 49.2 Å². The Bertz CT molecular complexity index is 51.5. The lowest BCUT2D eigenvalue weighted by Crippen LogP contribution is -1.97. The standard InChI is InChI=1S/4C2H7NS.2H2S/c4*3-1-2-4;;/h4*4H,1-3H2;2*1H2. The van der Waals surface area contributed by atoms with Crippen LogP contribution in [-0.2, 0) is 0 Å². The molecular formula is C8H32N4S6. The summed E-state index contributed by atoms with van der Waals surface area (Å²) in [4.78, 5) is 0. The molecule has 0 saturated heterocycles. The topological polar surface area (TPSA) is 104 Å². The summed E-state index contributed by atoms with van der Waals surface area (Å²) < 4.78 is 0. The van der Waals surface area contributed by atoms with Crippen molar-refractivity contribution in [2.24, 2.45) is 22.9 Å². The van der Waals surface area contributed by atoms with Gasteiger partial charge in [0.25, 0.3) is 0 Å². The Morgan fingerprint density at radius 3 is 0.500 bits per heavy atom. The van der Waals surface area contributed by atoms with Crippen LogP contribution in [0.4, 0.5) is 0 Å². The molecule has 0 aliphatic heterocycles. The lowest BCUT2D eigenvalue weighted by Gasteiger charge is -1.69. The van der Waals surface area contributed by atoms with Crippen molar-refractivity contribution in [3.05, 3.63) is 0 Å². The normalized spacial score (nSPS) is 6.67. The van der Waals surface area contributed by atoms with Gasteiger partial charge in [-0.25, -0.2) is 0 Å². The predicted molar refractivity (Wildman–Crippen MR) is 112 cm³/mol. The van der Waals surface area contributed by atoms with Crippen molar-refractivity contribution in [2.45, 2.75) is 0 Å². The zero-order chi connectivity index (χ0) is 13.7. The zero-order valence-electron chi connectivity index (χ0n) is 10.8. The van der Waals surface area contributed by atoms with Crippen LogP contribution >= 0.6 is 77.5 Å². The molecule has 8 N–H and O–H groups in total. The van der Waals surface area contributed by atoms with Gasteiger partial charge in [-0.05, 0) is 0 Å². The second kappa shape index (κ2) is 61.7. The van der Waals surface area contributed by atoms with Crippen LogP contribution in [0, 0.1) is 0 Å². The SMILES string of the molecule is NCCS.NCCS.NCCS.NCCS.S.S. The highest BCUT2D eigenvalue weighted by Gasteiger charge is 1.57. The molecule has 0 aliphatic rings. The van der Waals surface area contributed by atoms with E-state index in [1.807, 2.05) is 0 Å². The van der Waals surface area contributed by atoms with Crippen molar-refractivity contribution in [1.82, 2.24) is 0 Å². The van der Waals surface area contributed by atoms with Gasteiger partial charge in [-0.2, -0.15) is 77.5 Å². The Morgan fingerprint density at radius 1 is 0.444 bits per heavy atom. The van der Waals surface area contributed by atoms with Crippen molar-refractivity contribution in [3.8, 4) is 0 Å². The first-order valence-electron chi connectivity index (χ1n) is 4.90. The minimum Gasteiger partial charge on any atom is -0.330 e. The number of rotatable bonds is 4. The highest BCUT2D eigenvalue weighted by Crippen LogP contribution is 1.59. The lowest BCUT2D eigenvalue weighted by atomic mass is 10.8. The fraction of sp³-hybridized carbons (Fsp3) is 1.00. The molecule has 0 unspecified atom stereocenters. The van der Waals surface area contributed by atoms with E-state index in [-0.39, 0.29) is 27.0 Å². The molecule has 0 saturated carbocycles. The van der Waals surface area contributed by atoms with Gasteiger partial charge in [0.05, 0.1) is 0 Å². The molecule has 0 bridgehead atoms. The van der Waals surface area contributed by atoms with Gasteiger partial charge >= 0.3 is 0 Å². The first-order valence-corrected chi connectivity index (χ1v) is 7.43. The van der Waals surface area contributed by atoms with E-state index in [4.69, 9.17) is 22.9 Å². The van der Waals surface area contributed by atoms with Crippen LogP contribution in [0.25, 0.3) is 0 Å². The molecule has 0 atom stereocenters. The predicted octanol–water partition coefficient (Wildman–Crippen LogP) is -0.275. The Morgan fingerprint density at radius 2 is 0.500 bits per heavy atom. The quantitative estimate of drug-likeness (QED) is 0.323. The van der Waals surface area contributed by atoms with Crippen molar-refractivity contribution in [3.63, 3.8) is 0 Å². The van der Waals surface area contributed by atoms with E-state index in [0.717, 1.165) is 23.0 Å². The number of nitrogens with two attached hydrogens (primary N) is 4. The summed E-state index contributed by atoms with van der Waals surface area (Å²) >= 11 is 15.2. The van der Waals surface area contributed by atoms with Crippen molar-refractivity contribution in [1.29, 1.82) is 0 Å². The average Bonchev–Trinajstić information content (AvgIpc) is 2.39.